The van der Waals surface area contributed by atoms with Crippen LogP contribution in [0.1, 0.15) is 21.7 Å². The van der Waals surface area contributed by atoms with Crippen LogP contribution in [0.3, 0.4) is 0 Å². The van der Waals surface area contributed by atoms with Gasteiger partial charge in [-0.2, -0.15) is 5.10 Å². The van der Waals surface area contributed by atoms with Crippen LogP contribution in [-0.2, 0) is 22.5 Å². The smallest absolute Gasteiger partial charge is 0.356 e. The van der Waals surface area contributed by atoms with Crippen LogP contribution in [0.2, 0.25) is 0 Å². The van der Waals surface area contributed by atoms with E-state index in [9.17, 15) is 4.79 Å². The lowest BCUT2D eigenvalue weighted by molar-refractivity contribution is 0.0594. The van der Waals surface area contributed by atoms with Crippen LogP contribution < -0.4 is 0 Å². The molecule has 2 rings (SSSR count). The molecule has 0 aliphatic rings. The summed E-state index contributed by atoms with van der Waals surface area (Å²) in [4.78, 5) is 11.2. The lowest BCUT2D eigenvalue weighted by Gasteiger charge is -2.02. The Morgan fingerprint density at radius 2 is 2.11 bits per heavy atom. The molecule has 0 radical (unpaired) electrons. The quantitative estimate of drug-likeness (QED) is 0.637. The standard InChI is InChI=1S/C14H16N2O3/c1-18-14(17)13-9-12(15-16-13)7-8-19-10-11-5-3-2-4-6-11/h2-6,9H,7-8,10H2,1H3,(H,15,16). The van der Waals surface area contributed by atoms with Gasteiger partial charge in [-0.25, -0.2) is 4.79 Å². The molecule has 1 N–H and O–H groups in total. The summed E-state index contributed by atoms with van der Waals surface area (Å²) in [5.74, 6) is -0.413. The predicted molar refractivity (Wildman–Crippen MR) is 69.7 cm³/mol. The van der Waals surface area contributed by atoms with Gasteiger partial charge in [0, 0.05) is 6.42 Å². The van der Waals surface area contributed by atoms with Gasteiger partial charge in [-0.3, -0.25) is 5.10 Å². The highest BCUT2D eigenvalue weighted by molar-refractivity contribution is 5.87. The average Bonchev–Trinajstić information content (AvgIpc) is 2.93. The molecule has 0 atom stereocenters. The zero-order chi connectivity index (χ0) is 13.5. The van der Waals surface area contributed by atoms with Crippen molar-refractivity contribution in [1.82, 2.24) is 10.2 Å². The molecular weight excluding hydrogens is 244 g/mol. The van der Waals surface area contributed by atoms with Crippen LogP contribution in [0.25, 0.3) is 0 Å². The first kappa shape index (κ1) is 13.3. The number of nitrogens with zero attached hydrogens (tertiary/aromatic N) is 1. The first-order valence-corrected chi connectivity index (χ1v) is 6.04. The van der Waals surface area contributed by atoms with Gasteiger partial charge in [0.05, 0.1) is 26.0 Å². The van der Waals surface area contributed by atoms with E-state index in [1.54, 1.807) is 6.07 Å². The molecule has 0 saturated carbocycles. The van der Waals surface area contributed by atoms with Crippen molar-refractivity contribution in [2.24, 2.45) is 0 Å². The van der Waals surface area contributed by atoms with E-state index >= 15 is 0 Å². The number of benzene rings is 1. The number of ether oxygens (including phenoxy) is 2. The van der Waals surface area contributed by atoms with E-state index in [-0.39, 0.29) is 0 Å². The summed E-state index contributed by atoms with van der Waals surface area (Å²) in [5, 5.41) is 6.66. The normalized spacial score (nSPS) is 10.4. The van der Waals surface area contributed by atoms with Crippen molar-refractivity contribution in [1.29, 1.82) is 0 Å². The van der Waals surface area contributed by atoms with E-state index in [4.69, 9.17) is 4.74 Å². The molecule has 1 heterocycles. The van der Waals surface area contributed by atoms with Gasteiger partial charge in [0.1, 0.15) is 5.69 Å². The van der Waals surface area contributed by atoms with Gasteiger partial charge in [-0.05, 0) is 11.6 Å². The van der Waals surface area contributed by atoms with Gasteiger partial charge in [-0.1, -0.05) is 30.3 Å². The van der Waals surface area contributed by atoms with Crippen molar-refractivity contribution in [2.75, 3.05) is 13.7 Å². The minimum absolute atomic E-state index is 0.362. The molecule has 0 spiro atoms. The van der Waals surface area contributed by atoms with E-state index in [1.807, 2.05) is 30.3 Å². The highest BCUT2D eigenvalue weighted by atomic mass is 16.5. The second kappa shape index (κ2) is 6.70. The minimum atomic E-state index is -0.413. The number of aromatic nitrogens is 2. The average molecular weight is 260 g/mol. The molecule has 5 heteroatoms. The Morgan fingerprint density at radius 3 is 2.84 bits per heavy atom. The molecule has 0 aliphatic carbocycles. The summed E-state index contributed by atoms with van der Waals surface area (Å²) in [6.07, 6.45) is 0.653. The SMILES string of the molecule is COC(=O)c1cc(CCOCc2ccccc2)n[nH]1. The maximum Gasteiger partial charge on any atom is 0.356 e. The summed E-state index contributed by atoms with van der Waals surface area (Å²) in [6, 6.07) is 11.6. The molecule has 0 saturated heterocycles. The predicted octanol–water partition coefficient (Wildman–Crippen LogP) is 1.96. The number of hydrogen-bond acceptors (Lipinski definition) is 4. The first-order valence-electron chi connectivity index (χ1n) is 6.04. The molecule has 0 amide bonds. The zero-order valence-corrected chi connectivity index (χ0v) is 10.8. The van der Waals surface area contributed by atoms with Crippen LogP contribution in [0.5, 0.6) is 0 Å². The number of methoxy groups -OCH3 is 1. The Bertz CT molecular complexity index is 522. The van der Waals surface area contributed by atoms with Crippen LogP contribution in [0.4, 0.5) is 0 Å². The minimum Gasteiger partial charge on any atom is -0.464 e. The third-order valence-corrected chi connectivity index (χ3v) is 2.65. The maximum absolute atomic E-state index is 11.2. The van der Waals surface area contributed by atoms with Gasteiger partial charge in [0.25, 0.3) is 0 Å². The molecule has 5 nitrogen and oxygen atoms in total. The van der Waals surface area contributed by atoms with E-state index in [0.717, 1.165) is 11.3 Å². The third-order valence-electron chi connectivity index (χ3n) is 2.65. The fourth-order valence-corrected chi connectivity index (χ4v) is 1.65. The summed E-state index contributed by atoms with van der Waals surface area (Å²) in [7, 11) is 1.34. The molecule has 0 aliphatic heterocycles. The Balaban J connectivity index is 1.74. The second-order valence-corrected chi connectivity index (χ2v) is 4.05. The summed E-state index contributed by atoms with van der Waals surface area (Å²) >= 11 is 0. The van der Waals surface area contributed by atoms with Crippen molar-refractivity contribution >= 4 is 5.97 Å². The molecule has 1 aromatic heterocycles. The number of hydrogen-bond donors (Lipinski definition) is 1. The van der Waals surface area contributed by atoms with Crippen LogP contribution >= 0.6 is 0 Å². The molecular formula is C14H16N2O3. The fraction of sp³-hybridized carbons (Fsp3) is 0.286. The van der Waals surface area contributed by atoms with Gasteiger partial charge in [-0.15, -0.1) is 0 Å². The van der Waals surface area contributed by atoms with Gasteiger partial charge in [0.2, 0.25) is 0 Å². The summed E-state index contributed by atoms with van der Waals surface area (Å²) in [5.41, 5.74) is 2.29. The molecule has 0 fully saturated rings. The second-order valence-electron chi connectivity index (χ2n) is 4.05. The molecule has 2 aromatic rings. The van der Waals surface area contributed by atoms with E-state index in [0.29, 0.717) is 25.3 Å². The molecule has 100 valence electrons. The Morgan fingerprint density at radius 1 is 1.32 bits per heavy atom. The van der Waals surface area contributed by atoms with E-state index in [1.165, 1.54) is 7.11 Å². The van der Waals surface area contributed by atoms with Gasteiger partial charge >= 0.3 is 5.97 Å². The lowest BCUT2D eigenvalue weighted by atomic mass is 10.2. The number of aromatic amines is 1. The van der Waals surface area contributed by atoms with Crippen molar-refractivity contribution in [3.8, 4) is 0 Å². The third kappa shape index (κ3) is 3.93. The van der Waals surface area contributed by atoms with Gasteiger partial charge < -0.3 is 9.47 Å². The van der Waals surface area contributed by atoms with E-state index in [2.05, 4.69) is 14.9 Å². The fourth-order valence-electron chi connectivity index (χ4n) is 1.65. The van der Waals surface area contributed by atoms with E-state index < -0.39 is 5.97 Å². The monoisotopic (exact) mass is 260 g/mol. The van der Waals surface area contributed by atoms with Crippen LogP contribution in [-0.4, -0.2) is 29.9 Å². The van der Waals surface area contributed by atoms with Crippen LogP contribution in [0.15, 0.2) is 36.4 Å². The number of carbonyl (C=O) groups excluding carboxylic acids is 1. The molecule has 1 aromatic carbocycles. The summed E-state index contributed by atoms with van der Waals surface area (Å²) < 4.78 is 10.1. The molecule has 0 bridgehead atoms. The van der Waals surface area contributed by atoms with Gasteiger partial charge in [0.15, 0.2) is 0 Å². The van der Waals surface area contributed by atoms with Crippen molar-refractivity contribution < 1.29 is 14.3 Å². The summed E-state index contributed by atoms with van der Waals surface area (Å²) in [6.45, 7) is 1.13. The van der Waals surface area contributed by atoms with Crippen molar-refractivity contribution in [3.05, 3.63) is 53.3 Å². The molecule has 19 heavy (non-hydrogen) atoms. The Hall–Kier alpha value is -2.14. The highest BCUT2D eigenvalue weighted by Gasteiger charge is 2.09. The number of esters is 1. The van der Waals surface area contributed by atoms with Crippen molar-refractivity contribution in [2.45, 2.75) is 13.0 Å². The number of H-pyrrole nitrogens is 1. The first-order chi connectivity index (χ1) is 9.29. The topological polar surface area (TPSA) is 64.2 Å². The Labute approximate surface area is 111 Å². The number of carbonyl (C=O) groups is 1. The maximum atomic E-state index is 11.2. The largest absolute Gasteiger partial charge is 0.464 e. The number of rotatable bonds is 6. The Kier molecular flexibility index (Phi) is 4.69. The van der Waals surface area contributed by atoms with Crippen LogP contribution in [0, 0.1) is 0 Å². The van der Waals surface area contributed by atoms with Crippen molar-refractivity contribution in [3.63, 3.8) is 0 Å². The lowest BCUT2D eigenvalue weighted by Crippen LogP contribution is -2.01. The molecule has 0 unspecified atom stereocenters. The zero-order valence-electron chi connectivity index (χ0n) is 10.8. The number of nitrogens with one attached hydrogen (secondary N) is 1. The highest BCUT2D eigenvalue weighted by Crippen LogP contribution is 2.04.